The van der Waals surface area contributed by atoms with Crippen LogP contribution < -0.4 is 0 Å². The molecule has 164 valence electrons. The molecule has 0 amide bonds. The Morgan fingerprint density at radius 3 is 2.69 bits per heavy atom. The molecular formula is C24H19ClF2N2O2S. The van der Waals surface area contributed by atoms with Crippen LogP contribution in [0, 0.1) is 11.6 Å². The highest BCUT2D eigenvalue weighted by Crippen LogP contribution is 2.31. The van der Waals surface area contributed by atoms with Gasteiger partial charge in [-0.25, -0.2) is 18.6 Å². The maximum absolute atomic E-state index is 14.2. The summed E-state index contributed by atoms with van der Waals surface area (Å²) < 4.78 is 35.0. The predicted molar refractivity (Wildman–Crippen MR) is 122 cm³/mol. The fourth-order valence-corrected chi connectivity index (χ4v) is 4.69. The molecule has 0 bridgehead atoms. The van der Waals surface area contributed by atoms with Crippen LogP contribution in [0.25, 0.3) is 11.0 Å². The molecular weight excluding hydrogens is 454 g/mol. The number of esters is 1. The van der Waals surface area contributed by atoms with Gasteiger partial charge in [0.15, 0.2) is 5.16 Å². The molecule has 4 rings (SSSR count). The van der Waals surface area contributed by atoms with Gasteiger partial charge in [-0.3, -0.25) is 0 Å². The number of halogens is 3. The van der Waals surface area contributed by atoms with Crippen molar-refractivity contribution in [1.82, 2.24) is 9.55 Å². The molecule has 1 heterocycles. The van der Waals surface area contributed by atoms with Gasteiger partial charge in [0.2, 0.25) is 0 Å². The first kappa shape index (κ1) is 22.3. The monoisotopic (exact) mass is 472 g/mol. The van der Waals surface area contributed by atoms with Gasteiger partial charge in [0, 0.05) is 16.3 Å². The summed E-state index contributed by atoms with van der Waals surface area (Å²) in [6.45, 7) is 2.38. The van der Waals surface area contributed by atoms with Crippen LogP contribution in [0.2, 0.25) is 5.02 Å². The Morgan fingerprint density at radius 2 is 1.94 bits per heavy atom. The second-order valence-corrected chi connectivity index (χ2v) is 8.37. The van der Waals surface area contributed by atoms with Gasteiger partial charge in [-0.15, -0.1) is 0 Å². The van der Waals surface area contributed by atoms with Gasteiger partial charge in [0.05, 0.1) is 29.7 Å². The first-order chi connectivity index (χ1) is 15.5. The van der Waals surface area contributed by atoms with E-state index in [2.05, 4.69) is 4.98 Å². The van der Waals surface area contributed by atoms with Crippen LogP contribution in [0.5, 0.6) is 0 Å². The minimum atomic E-state index is -0.429. The smallest absolute Gasteiger partial charge is 0.338 e. The number of imidazole rings is 1. The second-order valence-electron chi connectivity index (χ2n) is 7.02. The zero-order chi connectivity index (χ0) is 22.7. The fraction of sp³-hybridized carbons (Fsp3) is 0.167. The molecule has 0 radical (unpaired) electrons. The molecule has 3 aromatic carbocycles. The Kier molecular flexibility index (Phi) is 6.77. The lowest BCUT2D eigenvalue weighted by atomic mass is 10.2. The topological polar surface area (TPSA) is 44.1 Å². The molecule has 0 aliphatic rings. The number of aromatic nitrogens is 2. The SMILES string of the molecule is CCOC(=O)c1ccc2c(c1)nc(SCc1c(F)cccc1Cl)n2Cc1cccc(F)c1. The van der Waals surface area contributed by atoms with Crippen molar-refractivity contribution in [1.29, 1.82) is 0 Å². The third kappa shape index (κ3) is 4.79. The number of benzene rings is 3. The average Bonchev–Trinajstić information content (AvgIpc) is 3.10. The highest BCUT2D eigenvalue weighted by molar-refractivity contribution is 7.98. The summed E-state index contributed by atoms with van der Waals surface area (Å²) in [5.74, 6) is -0.879. The number of ether oxygens (including phenoxy) is 1. The molecule has 4 nitrogen and oxygen atoms in total. The molecule has 0 fully saturated rings. The molecule has 8 heteroatoms. The number of hydrogen-bond acceptors (Lipinski definition) is 4. The van der Waals surface area contributed by atoms with E-state index >= 15 is 0 Å². The van der Waals surface area contributed by atoms with Crippen molar-refractivity contribution in [2.45, 2.75) is 24.4 Å². The Bertz CT molecular complexity index is 1270. The number of fused-ring (bicyclic) bond motifs is 1. The quantitative estimate of drug-likeness (QED) is 0.228. The fourth-order valence-electron chi connectivity index (χ4n) is 3.34. The molecule has 0 atom stereocenters. The molecule has 0 unspecified atom stereocenters. The zero-order valence-electron chi connectivity index (χ0n) is 17.1. The molecule has 0 saturated heterocycles. The summed E-state index contributed by atoms with van der Waals surface area (Å²) in [4.78, 5) is 16.8. The van der Waals surface area contributed by atoms with E-state index in [-0.39, 0.29) is 24.0 Å². The lowest BCUT2D eigenvalue weighted by Crippen LogP contribution is -2.05. The maximum Gasteiger partial charge on any atom is 0.338 e. The number of nitrogens with zero attached hydrogens (tertiary/aromatic N) is 2. The van der Waals surface area contributed by atoms with Crippen LogP contribution in [-0.2, 0) is 17.0 Å². The standard InChI is InChI=1S/C24H19ClF2N2O2S/c1-2-31-23(30)16-9-10-22-21(12-16)28-24(29(22)13-15-5-3-6-17(26)11-15)32-14-18-19(25)7-4-8-20(18)27/h3-12H,2,13-14H2,1H3. The van der Waals surface area contributed by atoms with Crippen molar-refractivity contribution >= 4 is 40.4 Å². The van der Waals surface area contributed by atoms with Crippen LogP contribution in [0.4, 0.5) is 8.78 Å². The van der Waals surface area contributed by atoms with E-state index in [0.29, 0.717) is 33.4 Å². The normalized spacial score (nSPS) is 11.1. The molecule has 1 aromatic heterocycles. The van der Waals surface area contributed by atoms with Gasteiger partial charge in [0.25, 0.3) is 0 Å². The Hall–Kier alpha value is -2.90. The maximum atomic E-state index is 14.2. The lowest BCUT2D eigenvalue weighted by molar-refractivity contribution is 0.0526. The lowest BCUT2D eigenvalue weighted by Gasteiger charge is -2.10. The Balaban J connectivity index is 1.73. The van der Waals surface area contributed by atoms with E-state index in [9.17, 15) is 13.6 Å². The van der Waals surface area contributed by atoms with E-state index in [1.807, 2.05) is 10.6 Å². The van der Waals surface area contributed by atoms with E-state index in [4.69, 9.17) is 16.3 Å². The minimum absolute atomic E-state index is 0.267. The van der Waals surface area contributed by atoms with Crippen molar-refractivity contribution in [2.75, 3.05) is 6.61 Å². The Labute approximate surface area is 193 Å². The van der Waals surface area contributed by atoms with Gasteiger partial charge in [0.1, 0.15) is 11.6 Å². The van der Waals surface area contributed by atoms with Crippen molar-refractivity contribution in [3.05, 3.63) is 94.0 Å². The summed E-state index contributed by atoms with van der Waals surface area (Å²) in [5, 5.41) is 0.944. The van der Waals surface area contributed by atoms with Crippen LogP contribution >= 0.6 is 23.4 Å². The zero-order valence-corrected chi connectivity index (χ0v) is 18.7. The molecule has 0 aliphatic carbocycles. The summed E-state index contributed by atoms with van der Waals surface area (Å²) in [6, 6.07) is 16.0. The molecule has 4 aromatic rings. The number of rotatable bonds is 7. The molecule has 0 spiro atoms. The first-order valence-corrected chi connectivity index (χ1v) is 11.3. The van der Waals surface area contributed by atoms with Gasteiger partial charge < -0.3 is 9.30 Å². The molecule has 0 N–H and O–H groups in total. The average molecular weight is 473 g/mol. The summed E-state index contributed by atoms with van der Waals surface area (Å²) >= 11 is 7.49. The van der Waals surface area contributed by atoms with Crippen molar-refractivity contribution in [2.24, 2.45) is 0 Å². The first-order valence-electron chi connectivity index (χ1n) is 9.93. The van der Waals surface area contributed by atoms with Crippen LogP contribution in [0.1, 0.15) is 28.4 Å². The van der Waals surface area contributed by atoms with E-state index in [1.54, 1.807) is 43.3 Å². The van der Waals surface area contributed by atoms with Crippen molar-refractivity contribution < 1.29 is 18.3 Å². The highest BCUT2D eigenvalue weighted by Gasteiger charge is 2.17. The van der Waals surface area contributed by atoms with Gasteiger partial charge in [-0.1, -0.05) is 41.6 Å². The Morgan fingerprint density at radius 1 is 1.12 bits per heavy atom. The second kappa shape index (κ2) is 9.71. The van der Waals surface area contributed by atoms with E-state index in [0.717, 1.165) is 11.1 Å². The highest BCUT2D eigenvalue weighted by atomic mass is 35.5. The van der Waals surface area contributed by atoms with Crippen molar-refractivity contribution in [3.8, 4) is 0 Å². The van der Waals surface area contributed by atoms with E-state index < -0.39 is 5.97 Å². The van der Waals surface area contributed by atoms with Gasteiger partial charge in [-0.05, 0) is 55.0 Å². The molecule has 0 saturated carbocycles. The third-order valence-corrected chi connectivity index (χ3v) is 6.22. The summed E-state index contributed by atoms with van der Waals surface area (Å²) in [6.07, 6.45) is 0. The van der Waals surface area contributed by atoms with Crippen LogP contribution in [0.3, 0.4) is 0 Å². The number of carbonyl (C=O) groups is 1. The number of hydrogen-bond donors (Lipinski definition) is 0. The minimum Gasteiger partial charge on any atom is -0.462 e. The third-order valence-electron chi connectivity index (χ3n) is 4.86. The van der Waals surface area contributed by atoms with Crippen LogP contribution in [-0.4, -0.2) is 22.1 Å². The molecule has 0 aliphatic heterocycles. The number of thioether (sulfide) groups is 1. The van der Waals surface area contributed by atoms with Gasteiger partial charge in [-0.2, -0.15) is 0 Å². The number of carbonyl (C=O) groups excluding carboxylic acids is 1. The summed E-state index contributed by atoms with van der Waals surface area (Å²) in [7, 11) is 0. The van der Waals surface area contributed by atoms with E-state index in [1.165, 1.54) is 30.0 Å². The largest absolute Gasteiger partial charge is 0.462 e. The molecule has 32 heavy (non-hydrogen) atoms. The van der Waals surface area contributed by atoms with Crippen molar-refractivity contribution in [3.63, 3.8) is 0 Å². The summed E-state index contributed by atoms with van der Waals surface area (Å²) in [5.41, 5.74) is 2.89. The van der Waals surface area contributed by atoms with Gasteiger partial charge >= 0.3 is 5.97 Å². The van der Waals surface area contributed by atoms with Crippen LogP contribution in [0.15, 0.2) is 65.8 Å². The predicted octanol–water partition coefficient (Wildman–Crippen LogP) is 6.49.